The zero-order valence-electron chi connectivity index (χ0n) is 25.2. The van der Waals surface area contributed by atoms with Gasteiger partial charge in [0.15, 0.2) is 5.78 Å². The van der Waals surface area contributed by atoms with Gasteiger partial charge in [-0.2, -0.15) is 26.3 Å². The minimum Gasteiger partial charge on any atom is -0.375 e. The molecule has 0 bridgehead atoms. The molecule has 1 aliphatic carbocycles. The fraction of sp³-hybridized carbons (Fsp3) is 0.529. The monoisotopic (exact) mass is 652 g/mol. The SMILES string of the molecule is C[C@@H](O[C@H]1CN2C(=O)CC(C3CCN(C4=CC(=O)CC4)CC3)C[C@H]2[C@@H]1c1ccc(F)cc1)c1cc(C(F)(F)F)cc(C(F)(F)F)c1. The lowest BCUT2D eigenvalue weighted by Crippen LogP contribution is -2.47. The summed E-state index contributed by atoms with van der Waals surface area (Å²) in [7, 11) is 0. The number of benzene rings is 2. The number of carbonyl (C=O) groups is 2. The van der Waals surface area contributed by atoms with Crippen LogP contribution < -0.4 is 0 Å². The molecule has 3 heterocycles. The molecule has 3 aliphatic heterocycles. The lowest BCUT2D eigenvalue weighted by atomic mass is 9.73. The van der Waals surface area contributed by atoms with Crippen LogP contribution >= 0.6 is 0 Å². The van der Waals surface area contributed by atoms with Crippen molar-refractivity contribution in [2.45, 2.75) is 82.0 Å². The fourth-order valence-electron chi connectivity index (χ4n) is 7.83. The molecule has 5 atom stereocenters. The second-order valence-corrected chi connectivity index (χ2v) is 13.0. The van der Waals surface area contributed by atoms with E-state index in [4.69, 9.17) is 4.74 Å². The summed E-state index contributed by atoms with van der Waals surface area (Å²) in [5.74, 6) is -0.500. The fourth-order valence-corrected chi connectivity index (χ4v) is 7.83. The number of carbonyl (C=O) groups excluding carboxylic acids is 2. The molecule has 12 heteroatoms. The predicted octanol–water partition coefficient (Wildman–Crippen LogP) is 7.67. The molecule has 0 N–H and O–H groups in total. The number of likely N-dealkylation sites (tertiary alicyclic amines) is 1. The van der Waals surface area contributed by atoms with Gasteiger partial charge in [-0.05, 0) is 85.9 Å². The van der Waals surface area contributed by atoms with Crippen molar-refractivity contribution in [1.82, 2.24) is 9.80 Å². The molecular formula is C34H35F7N2O3. The molecule has 3 fully saturated rings. The number of amides is 1. The Balaban J connectivity index is 1.24. The molecule has 0 spiro atoms. The summed E-state index contributed by atoms with van der Waals surface area (Å²) >= 11 is 0. The highest BCUT2D eigenvalue weighted by Crippen LogP contribution is 2.47. The van der Waals surface area contributed by atoms with Crippen molar-refractivity contribution in [2.75, 3.05) is 19.6 Å². The molecule has 6 rings (SSSR count). The molecule has 1 unspecified atom stereocenters. The summed E-state index contributed by atoms with van der Waals surface area (Å²) in [4.78, 5) is 29.3. The second-order valence-electron chi connectivity index (χ2n) is 13.0. The minimum atomic E-state index is -5.00. The first-order valence-corrected chi connectivity index (χ1v) is 15.7. The molecule has 2 aromatic carbocycles. The van der Waals surface area contributed by atoms with E-state index in [2.05, 4.69) is 4.90 Å². The van der Waals surface area contributed by atoms with Crippen molar-refractivity contribution in [3.05, 3.63) is 82.3 Å². The lowest BCUT2D eigenvalue weighted by Gasteiger charge is -2.43. The third kappa shape index (κ3) is 6.68. The van der Waals surface area contributed by atoms with E-state index in [9.17, 15) is 40.3 Å². The third-order valence-electron chi connectivity index (χ3n) is 10.2. The first-order chi connectivity index (χ1) is 21.7. The Kier molecular flexibility index (Phi) is 8.71. The molecule has 46 heavy (non-hydrogen) atoms. The molecule has 0 saturated carbocycles. The zero-order chi connectivity index (χ0) is 33.0. The molecule has 3 saturated heterocycles. The first kappa shape index (κ1) is 32.5. The topological polar surface area (TPSA) is 49.9 Å². The van der Waals surface area contributed by atoms with Crippen LogP contribution in [0.5, 0.6) is 0 Å². The number of hydrogen-bond donors (Lipinski definition) is 0. The summed E-state index contributed by atoms with van der Waals surface area (Å²) in [6.07, 6.45) is -6.18. The number of nitrogens with zero attached hydrogens (tertiary/aromatic N) is 2. The van der Waals surface area contributed by atoms with E-state index in [1.54, 1.807) is 23.1 Å². The van der Waals surface area contributed by atoms with Gasteiger partial charge in [-0.25, -0.2) is 4.39 Å². The number of rotatable bonds is 6. The molecule has 5 nitrogen and oxygen atoms in total. The van der Waals surface area contributed by atoms with E-state index in [1.165, 1.54) is 19.1 Å². The normalized spacial score (nSPS) is 26.8. The van der Waals surface area contributed by atoms with Crippen LogP contribution in [0.15, 0.2) is 54.2 Å². The maximum atomic E-state index is 13.9. The quantitative estimate of drug-likeness (QED) is 0.301. The number of fused-ring (bicyclic) bond motifs is 1. The summed E-state index contributed by atoms with van der Waals surface area (Å²) in [5, 5.41) is 0. The van der Waals surface area contributed by atoms with Crippen LogP contribution in [0.3, 0.4) is 0 Å². The Labute approximate surface area is 262 Å². The van der Waals surface area contributed by atoms with Crippen LogP contribution in [0, 0.1) is 17.7 Å². The molecule has 2 aromatic rings. The number of ether oxygens (including phenoxy) is 1. The molecule has 1 amide bonds. The smallest absolute Gasteiger partial charge is 0.375 e. The summed E-state index contributed by atoms with van der Waals surface area (Å²) in [5.41, 5.74) is -1.37. The van der Waals surface area contributed by atoms with Crippen LogP contribution in [0.4, 0.5) is 30.7 Å². The van der Waals surface area contributed by atoms with E-state index in [1.807, 2.05) is 0 Å². The van der Waals surface area contributed by atoms with Gasteiger partial charge in [-0.15, -0.1) is 0 Å². The van der Waals surface area contributed by atoms with Gasteiger partial charge in [0, 0.05) is 56.2 Å². The van der Waals surface area contributed by atoms with E-state index >= 15 is 0 Å². The van der Waals surface area contributed by atoms with Crippen LogP contribution in [0.2, 0.25) is 0 Å². The van der Waals surface area contributed by atoms with Crippen molar-refractivity contribution >= 4 is 11.7 Å². The highest BCUT2D eigenvalue weighted by molar-refractivity contribution is 5.92. The minimum absolute atomic E-state index is 0.0722. The average Bonchev–Trinajstić information content (AvgIpc) is 3.60. The van der Waals surface area contributed by atoms with Gasteiger partial charge >= 0.3 is 12.4 Å². The predicted molar refractivity (Wildman–Crippen MR) is 154 cm³/mol. The molecule has 248 valence electrons. The van der Waals surface area contributed by atoms with Gasteiger partial charge in [0.1, 0.15) is 5.82 Å². The summed E-state index contributed by atoms with van der Waals surface area (Å²) in [6, 6.07) is 6.87. The number of ketones is 1. The number of piperidine rings is 2. The Hall–Kier alpha value is -3.41. The molecule has 0 aromatic heterocycles. The standard InChI is InChI=1S/C34H35F7N2O3/c1-19(22-12-24(33(36,37)38)16-25(13-22)34(39,40)41)46-30-18-43-29(32(30)21-2-4-26(35)5-3-21)14-23(15-31(43)45)20-8-10-42(11-9-20)27-6-7-28(44)17-27/h2-5,12-13,16-17,19-20,23,29-30,32H,6-11,14-15,18H2,1H3/t19-,23?,29+,30+,32+/m1/s1. The van der Waals surface area contributed by atoms with Gasteiger partial charge in [0.05, 0.1) is 23.3 Å². The zero-order valence-corrected chi connectivity index (χ0v) is 25.2. The third-order valence-corrected chi connectivity index (χ3v) is 10.2. The maximum absolute atomic E-state index is 13.9. The van der Waals surface area contributed by atoms with E-state index < -0.39 is 47.4 Å². The Morgan fingerprint density at radius 1 is 0.870 bits per heavy atom. The Morgan fingerprint density at radius 3 is 2.07 bits per heavy atom. The number of halogens is 7. The van der Waals surface area contributed by atoms with Crippen LogP contribution in [-0.2, 0) is 26.7 Å². The van der Waals surface area contributed by atoms with Crippen molar-refractivity contribution in [1.29, 1.82) is 0 Å². The van der Waals surface area contributed by atoms with Gasteiger partial charge in [-0.1, -0.05) is 12.1 Å². The van der Waals surface area contributed by atoms with Crippen molar-refractivity contribution in [3.8, 4) is 0 Å². The molecule has 0 radical (unpaired) electrons. The highest BCUT2D eigenvalue weighted by atomic mass is 19.4. The van der Waals surface area contributed by atoms with E-state index in [0.717, 1.165) is 38.0 Å². The first-order valence-electron chi connectivity index (χ1n) is 15.7. The molecular weight excluding hydrogens is 617 g/mol. The highest BCUT2D eigenvalue weighted by Gasteiger charge is 2.50. The Bertz CT molecular complexity index is 1460. The average molecular weight is 653 g/mol. The van der Waals surface area contributed by atoms with Gasteiger partial charge in [0.2, 0.25) is 5.91 Å². The van der Waals surface area contributed by atoms with Gasteiger partial charge in [-0.3, -0.25) is 9.59 Å². The second kappa shape index (κ2) is 12.3. The van der Waals surface area contributed by atoms with E-state index in [-0.39, 0.29) is 47.7 Å². The summed E-state index contributed by atoms with van der Waals surface area (Å²) < 4.78 is 102. The van der Waals surface area contributed by atoms with Crippen molar-refractivity contribution < 1.29 is 45.1 Å². The largest absolute Gasteiger partial charge is 0.416 e. The van der Waals surface area contributed by atoms with E-state index in [0.29, 0.717) is 37.0 Å². The van der Waals surface area contributed by atoms with Gasteiger partial charge < -0.3 is 14.5 Å². The Morgan fingerprint density at radius 2 is 1.50 bits per heavy atom. The number of alkyl halides is 6. The van der Waals surface area contributed by atoms with Crippen molar-refractivity contribution in [2.24, 2.45) is 11.8 Å². The maximum Gasteiger partial charge on any atom is 0.416 e. The summed E-state index contributed by atoms with van der Waals surface area (Å²) in [6.45, 7) is 3.11. The number of allylic oxidation sites excluding steroid dienone is 2. The van der Waals surface area contributed by atoms with Crippen molar-refractivity contribution in [3.63, 3.8) is 0 Å². The van der Waals surface area contributed by atoms with Crippen LogP contribution in [0.1, 0.15) is 79.7 Å². The lowest BCUT2D eigenvalue weighted by molar-refractivity contribution is -0.143. The van der Waals surface area contributed by atoms with Gasteiger partial charge in [0.25, 0.3) is 0 Å². The van der Waals surface area contributed by atoms with Crippen LogP contribution in [0.25, 0.3) is 0 Å². The molecule has 4 aliphatic rings. The number of hydrogen-bond acceptors (Lipinski definition) is 4. The van der Waals surface area contributed by atoms with Crippen LogP contribution in [-0.4, -0.2) is 53.3 Å².